The average Bonchev–Trinajstić information content (AvgIpc) is 3.01. The van der Waals surface area contributed by atoms with Crippen molar-refractivity contribution < 1.29 is 4.74 Å². The van der Waals surface area contributed by atoms with Gasteiger partial charge < -0.3 is 9.72 Å². The molecule has 0 unspecified atom stereocenters. The molecule has 0 saturated heterocycles. The molecule has 0 aliphatic carbocycles. The van der Waals surface area contributed by atoms with Gasteiger partial charge in [-0.15, -0.1) is 0 Å². The van der Waals surface area contributed by atoms with E-state index in [1.807, 2.05) is 42.6 Å². The molecule has 1 N–H and O–H groups in total. The van der Waals surface area contributed by atoms with Crippen molar-refractivity contribution in [3.05, 3.63) is 60.9 Å². The Morgan fingerprint density at radius 3 is 2.53 bits per heavy atom. The Labute approximate surface area is 111 Å². The zero-order valence-corrected chi connectivity index (χ0v) is 10.6. The molecule has 0 aliphatic heterocycles. The van der Waals surface area contributed by atoms with Crippen LogP contribution in [0.1, 0.15) is 0 Å². The molecule has 0 fully saturated rings. The smallest absolute Gasteiger partial charge is 0.137 e. The molecule has 0 amide bonds. The lowest BCUT2D eigenvalue weighted by atomic mass is 9.99. The van der Waals surface area contributed by atoms with E-state index in [1.165, 1.54) is 0 Å². The molecule has 2 aromatic carbocycles. The minimum Gasteiger partial charge on any atom is -0.497 e. The molecule has 0 atom stereocenters. The van der Waals surface area contributed by atoms with Crippen LogP contribution in [0.15, 0.2) is 60.9 Å². The van der Waals surface area contributed by atoms with Crippen molar-refractivity contribution in [2.24, 2.45) is 0 Å². The summed E-state index contributed by atoms with van der Waals surface area (Å²) in [7, 11) is 1.68. The topological polar surface area (TPSA) is 37.9 Å². The summed E-state index contributed by atoms with van der Waals surface area (Å²) in [5.74, 6) is 1.70. The summed E-state index contributed by atoms with van der Waals surface area (Å²) >= 11 is 0. The maximum Gasteiger partial charge on any atom is 0.137 e. The van der Waals surface area contributed by atoms with Crippen molar-refractivity contribution in [3.63, 3.8) is 0 Å². The zero-order chi connectivity index (χ0) is 13.1. The predicted molar refractivity (Wildman–Crippen MR) is 76.0 cm³/mol. The number of rotatable bonds is 3. The molecule has 1 heterocycles. The van der Waals surface area contributed by atoms with Gasteiger partial charge in [0.25, 0.3) is 0 Å². The summed E-state index contributed by atoms with van der Waals surface area (Å²) in [6.45, 7) is 0. The molecule has 0 spiro atoms. The van der Waals surface area contributed by atoms with E-state index in [0.29, 0.717) is 0 Å². The molecule has 3 aromatic rings. The number of nitrogens with one attached hydrogen (secondary N) is 1. The highest BCUT2D eigenvalue weighted by molar-refractivity contribution is 5.81. The normalized spacial score (nSPS) is 10.4. The molecule has 0 radical (unpaired) electrons. The highest BCUT2D eigenvalue weighted by atomic mass is 16.5. The Morgan fingerprint density at radius 2 is 1.84 bits per heavy atom. The van der Waals surface area contributed by atoms with E-state index in [4.69, 9.17) is 4.74 Å². The van der Waals surface area contributed by atoms with Crippen LogP contribution in [0.3, 0.4) is 0 Å². The van der Waals surface area contributed by atoms with Gasteiger partial charge in [-0.1, -0.05) is 30.3 Å². The molecule has 0 bridgehead atoms. The minimum absolute atomic E-state index is 0.842. The average molecular weight is 250 g/mol. The van der Waals surface area contributed by atoms with Gasteiger partial charge in [-0.05, 0) is 29.3 Å². The quantitative estimate of drug-likeness (QED) is 0.768. The van der Waals surface area contributed by atoms with Crippen LogP contribution in [-0.4, -0.2) is 17.1 Å². The Kier molecular flexibility index (Phi) is 3.02. The fourth-order valence-electron chi connectivity index (χ4n) is 2.13. The largest absolute Gasteiger partial charge is 0.497 e. The van der Waals surface area contributed by atoms with Gasteiger partial charge in [-0.2, -0.15) is 0 Å². The molecule has 3 rings (SSSR count). The van der Waals surface area contributed by atoms with E-state index in [0.717, 1.165) is 28.3 Å². The predicted octanol–water partition coefficient (Wildman–Crippen LogP) is 3.75. The number of methoxy groups -OCH3 is 1. The highest BCUT2D eigenvalue weighted by Crippen LogP contribution is 2.33. The summed E-state index contributed by atoms with van der Waals surface area (Å²) in [5.41, 5.74) is 3.32. The summed E-state index contributed by atoms with van der Waals surface area (Å²) in [5, 5.41) is 0. The first-order valence-corrected chi connectivity index (χ1v) is 6.11. The van der Waals surface area contributed by atoms with Crippen LogP contribution in [0.25, 0.3) is 22.5 Å². The van der Waals surface area contributed by atoms with Gasteiger partial charge in [-0.25, -0.2) is 4.98 Å². The molecule has 0 saturated carbocycles. The van der Waals surface area contributed by atoms with Crippen molar-refractivity contribution in [2.45, 2.75) is 0 Å². The number of aromatic nitrogens is 2. The van der Waals surface area contributed by atoms with Crippen molar-refractivity contribution in [1.82, 2.24) is 9.97 Å². The molecule has 3 nitrogen and oxygen atoms in total. The third kappa shape index (κ3) is 2.22. The minimum atomic E-state index is 0.842. The Hall–Kier alpha value is -2.55. The van der Waals surface area contributed by atoms with E-state index in [1.54, 1.807) is 13.3 Å². The molecule has 94 valence electrons. The van der Waals surface area contributed by atoms with Crippen molar-refractivity contribution in [3.8, 4) is 28.3 Å². The van der Waals surface area contributed by atoms with Gasteiger partial charge in [0.15, 0.2) is 0 Å². The fraction of sp³-hybridized carbons (Fsp3) is 0.0625. The van der Waals surface area contributed by atoms with Crippen LogP contribution < -0.4 is 4.74 Å². The van der Waals surface area contributed by atoms with Crippen molar-refractivity contribution in [2.75, 3.05) is 7.11 Å². The van der Waals surface area contributed by atoms with Crippen LogP contribution in [0, 0.1) is 0 Å². The first-order chi connectivity index (χ1) is 9.38. The van der Waals surface area contributed by atoms with Crippen LogP contribution in [0.2, 0.25) is 0 Å². The molecular formula is C16H14N2O. The number of H-pyrrole nitrogens is 1. The number of benzene rings is 2. The Bertz CT molecular complexity index is 660. The van der Waals surface area contributed by atoms with Gasteiger partial charge in [0.1, 0.15) is 11.6 Å². The van der Waals surface area contributed by atoms with E-state index >= 15 is 0 Å². The van der Waals surface area contributed by atoms with Crippen LogP contribution in [0.5, 0.6) is 5.75 Å². The second kappa shape index (κ2) is 4.98. The van der Waals surface area contributed by atoms with Gasteiger partial charge in [0, 0.05) is 18.0 Å². The third-order valence-corrected chi connectivity index (χ3v) is 3.06. The first-order valence-electron chi connectivity index (χ1n) is 6.11. The van der Waals surface area contributed by atoms with Gasteiger partial charge >= 0.3 is 0 Å². The lowest BCUT2D eigenvalue weighted by Gasteiger charge is -2.10. The number of ether oxygens (including phenoxy) is 1. The Balaban J connectivity index is 2.20. The summed E-state index contributed by atoms with van der Waals surface area (Å²) in [4.78, 5) is 7.48. The lowest BCUT2D eigenvalue weighted by molar-refractivity contribution is 0.415. The third-order valence-electron chi connectivity index (χ3n) is 3.06. The SMILES string of the molecule is COc1ccc(-c2ncc[nH]2)c(-c2ccccc2)c1. The maximum absolute atomic E-state index is 5.32. The Morgan fingerprint density at radius 1 is 1.00 bits per heavy atom. The number of nitrogens with zero attached hydrogens (tertiary/aromatic N) is 1. The van der Waals surface area contributed by atoms with Gasteiger partial charge in [0.05, 0.1) is 7.11 Å². The second-order valence-corrected chi connectivity index (χ2v) is 4.22. The number of hydrogen-bond donors (Lipinski definition) is 1. The summed E-state index contributed by atoms with van der Waals surface area (Å²) < 4.78 is 5.32. The maximum atomic E-state index is 5.32. The second-order valence-electron chi connectivity index (χ2n) is 4.22. The lowest BCUT2D eigenvalue weighted by Crippen LogP contribution is -1.89. The zero-order valence-electron chi connectivity index (χ0n) is 10.6. The van der Waals surface area contributed by atoms with E-state index in [9.17, 15) is 0 Å². The first kappa shape index (κ1) is 11.5. The number of imidazole rings is 1. The van der Waals surface area contributed by atoms with Gasteiger partial charge in [0.2, 0.25) is 0 Å². The fourth-order valence-corrected chi connectivity index (χ4v) is 2.13. The monoisotopic (exact) mass is 250 g/mol. The van der Waals surface area contributed by atoms with Gasteiger partial charge in [-0.3, -0.25) is 0 Å². The summed E-state index contributed by atoms with van der Waals surface area (Å²) in [6, 6.07) is 16.2. The molecule has 0 aliphatic rings. The molecule has 1 aromatic heterocycles. The molecular weight excluding hydrogens is 236 g/mol. The van der Waals surface area contributed by atoms with E-state index < -0.39 is 0 Å². The number of hydrogen-bond acceptors (Lipinski definition) is 2. The summed E-state index contributed by atoms with van der Waals surface area (Å²) in [6.07, 6.45) is 3.59. The van der Waals surface area contributed by atoms with Crippen LogP contribution in [-0.2, 0) is 0 Å². The van der Waals surface area contributed by atoms with Crippen molar-refractivity contribution in [1.29, 1.82) is 0 Å². The molecule has 3 heteroatoms. The van der Waals surface area contributed by atoms with E-state index in [-0.39, 0.29) is 0 Å². The van der Waals surface area contributed by atoms with Crippen LogP contribution in [0.4, 0.5) is 0 Å². The van der Waals surface area contributed by atoms with Crippen LogP contribution >= 0.6 is 0 Å². The standard InChI is InChI=1S/C16H14N2O/c1-19-13-7-8-14(16-17-9-10-18-16)15(11-13)12-5-3-2-4-6-12/h2-11H,1H3,(H,17,18). The number of aromatic amines is 1. The highest BCUT2D eigenvalue weighted by Gasteiger charge is 2.10. The molecule has 19 heavy (non-hydrogen) atoms. The van der Waals surface area contributed by atoms with E-state index in [2.05, 4.69) is 22.1 Å². The van der Waals surface area contributed by atoms with Crippen molar-refractivity contribution >= 4 is 0 Å².